The summed E-state index contributed by atoms with van der Waals surface area (Å²) in [6.45, 7) is 0.0469. The number of para-hydroxylation sites is 2. The third-order valence-electron chi connectivity index (χ3n) is 3.38. The van der Waals surface area contributed by atoms with Crippen LogP contribution in [0.4, 0.5) is 17.1 Å². The van der Waals surface area contributed by atoms with Crippen LogP contribution >= 0.6 is 0 Å². The molecule has 104 valence electrons. The number of rotatable bonds is 4. The molecule has 0 aliphatic carbocycles. The predicted molar refractivity (Wildman–Crippen MR) is 87.0 cm³/mol. The molecular formula is C19H17NO. The first-order chi connectivity index (χ1) is 10.4. The summed E-state index contributed by atoms with van der Waals surface area (Å²) in [5, 5.41) is 9.37. The van der Waals surface area contributed by atoms with Gasteiger partial charge in [-0.25, -0.2) is 0 Å². The van der Waals surface area contributed by atoms with Crippen molar-refractivity contribution in [2.24, 2.45) is 0 Å². The fourth-order valence-corrected chi connectivity index (χ4v) is 2.40. The zero-order valence-corrected chi connectivity index (χ0v) is 11.7. The van der Waals surface area contributed by atoms with Crippen LogP contribution in [-0.4, -0.2) is 5.11 Å². The minimum Gasteiger partial charge on any atom is -0.392 e. The van der Waals surface area contributed by atoms with E-state index < -0.39 is 0 Å². The SMILES string of the molecule is OCc1cccc(N(c2ccccc2)c2ccccc2)c1. The molecule has 2 nitrogen and oxygen atoms in total. The molecule has 3 rings (SSSR count). The predicted octanol–water partition coefficient (Wildman–Crippen LogP) is 4.65. The van der Waals surface area contributed by atoms with Crippen LogP contribution < -0.4 is 4.90 Å². The Labute approximate surface area is 124 Å². The van der Waals surface area contributed by atoms with E-state index in [1.165, 1.54) is 0 Å². The number of hydrogen-bond acceptors (Lipinski definition) is 2. The van der Waals surface area contributed by atoms with Crippen molar-refractivity contribution in [3.05, 3.63) is 90.5 Å². The Morgan fingerprint density at radius 3 is 1.67 bits per heavy atom. The Balaban J connectivity index is 2.12. The van der Waals surface area contributed by atoms with Crippen molar-refractivity contribution in [1.29, 1.82) is 0 Å². The van der Waals surface area contributed by atoms with Crippen molar-refractivity contribution in [2.75, 3.05) is 4.90 Å². The number of hydrogen-bond donors (Lipinski definition) is 1. The van der Waals surface area contributed by atoms with E-state index in [4.69, 9.17) is 0 Å². The third kappa shape index (κ3) is 2.96. The van der Waals surface area contributed by atoms with Gasteiger partial charge in [-0.2, -0.15) is 0 Å². The van der Waals surface area contributed by atoms with Gasteiger partial charge in [0.15, 0.2) is 0 Å². The Bertz CT molecular complexity index is 656. The Morgan fingerprint density at radius 1 is 0.619 bits per heavy atom. The number of aliphatic hydroxyl groups is 1. The van der Waals surface area contributed by atoms with E-state index in [0.717, 1.165) is 22.6 Å². The van der Waals surface area contributed by atoms with Gasteiger partial charge in [0.1, 0.15) is 0 Å². The molecular weight excluding hydrogens is 258 g/mol. The van der Waals surface area contributed by atoms with E-state index in [0.29, 0.717) is 0 Å². The highest BCUT2D eigenvalue weighted by Gasteiger charge is 2.11. The summed E-state index contributed by atoms with van der Waals surface area (Å²) in [6.07, 6.45) is 0. The van der Waals surface area contributed by atoms with E-state index in [2.05, 4.69) is 35.2 Å². The third-order valence-corrected chi connectivity index (χ3v) is 3.38. The van der Waals surface area contributed by atoms with Crippen LogP contribution in [0.3, 0.4) is 0 Å². The minimum absolute atomic E-state index is 0.0469. The molecule has 0 saturated carbocycles. The number of benzene rings is 3. The summed E-state index contributed by atoms with van der Waals surface area (Å²) < 4.78 is 0. The summed E-state index contributed by atoms with van der Waals surface area (Å²) in [7, 11) is 0. The highest BCUT2D eigenvalue weighted by atomic mass is 16.3. The van der Waals surface area contributed by atoms with E-state index >= 15 is 0 Å². The van der Waals surface area contributed by atoms with Gasteiger partial charge < -0.3 is 10.0 Å². The van der Waals surface area contributed by atoms with Gasteiger partial charge in [0.2, 0.25) is 0 Å². The molecule has 0 saturated heterocycles. The average Bonchev–Trinajstić information content (AvgIpc) is 2.57. The molecule has 0 unspecified atom stereocenters. The average molecular weight is 275 g/mol. The topological polar surface area (TPSA) is 23.5 Å². The molecule has 0 atom stereocenters. The van der Waals surface area contributed by atoms with Crippen LogP contribution in [0.2, 0.25) is 0 Å². The molecule has 0 aliphatic heterocycles. The van der Waals surface area contributed by atoms with Crippen LogP contribution in [0.25, 0.3) is 0 Å². The zero-order chi connectivity index (χ0) is 14.5. The molecule has 0 radical (unpaired) electrons. The second kappa shape index (κ2) is 6.25. The first-order valence-electron chi connectivity index (χ1n) is 6.98. The van der Waals surface area contributed by atoms with Crippen molar-refractivity contribution < 1.29 is 5.11 Å². The van der Waals surface area contributed by atoms with Crippen LogP contribution in [0.15, 0.2) is 84.9 Å². The van der Waals surface area contributed by atoms with Gasteiger partial charge in [-0.3, -0.25) is 0 Å². The molecule has 0 amide bonds. The van der Waals surface area contributed by atoms with Crippen molar-refractivity contribution in [2.45, 2.75) is 6.61 Å². The summed E-state index contributed by atoms with van der Waals surface area (Å²) in [5.74, 6) is 0. The Hall–Kier alpha value is -2.58. The van der Waals surface area contributed by atoms with Gasteiger partial charge in [-0.05, 0) is 42.0 Å². The maximum atomic E-state index is 9.37. The monoisotopic (exact) mass is 275 g/mol. The van der Waals surface area contributed by atoms with Gasteiger partial charge in [0.05, 0.1) is 6.61 Å². The quantitative estimate of drug-likeness (QED) is 0.749. The Kier molecular flexibility index (Phi) is 3.99. The molecule has 3 aromatic rings. The van der Waals surface area contributed by atoms with E-state index in [1.54, 1.807) is 0 Å². The minimum atomic E-state index is 0.0469. The standard InChI is InChI=1S/C19H17NO/c21-15-16-8-7-13-19(14-16)20(17-9-3-1-4-10-17)18-11-5-2-6-12-18/h1-14,21H,15H2. The van der Waals surface area contributed by atoms with Crippen LogP contribution in [0.1, 0.15) is 5.56 Å². The molecule has 21 heavy (non-hydrogen) atoms. The number of anilines is 3. The maximum Gasteiger partial charge on any atom is 0.0682 e. The van der Waals surface area contributed by atoms with Crippen LogP contribution in [0.5, 0.6) is 0 Å². The second-order valence-electron chi connectivity index (χ2n) is 4.83. The van der Waals surface area contributed by atoms with Crippen molar-refractivity contribution in [3.8, 4) is 0 Å². The molecule has 0 bridgehead atoms. The molecule has 3 aromatic carbocycles. The molecule has 2 heteroatoms. The molecule has 0 aromatic heterocycles. The van der Waals surface area contributed by atoms with E-state index in [9.17, 15) is 5.11 Å². The van der Waals surface area contributed by atoms with Gasteiger partial charge in [0.25, 0.3) is 0 Å². The highest BCUT2D eigenvalue weighted by molar-refractivity contribution is 5.76. The second-order valence-corrected chi connectivity index (χ2v) is 4.83. The lowest BCUT2D eigenvalue weighted by atomic mass is 10.1. The molecule has 0 aliphatic rings. The summed E-state index contributed by atoms with van der Waals surface area (Å²) in [4.78, 5) is 2.18. The van der Waals surface area contributed by atoms with Gasteiger partial charge in [-0.1, -0.05) is 48.5 Å². The molecule has 0 heterocycles. The molecule has 0 fully saturated rings. The fraction of sp³-hybridized carbons (Fsp3) is 0.0526. The lowest BCUT2D eigenvalue weighted by molar-refractivity contribution is 0.282. The van der Waals surface area contributed by atoms with Crippen molar-refractivity contribution in [1.82, 2.24) is 0 Å². The number of aliphatic hydroxyl groups excluding tert-OH is 1. The van der Waals surface area contributed by atoms with Crippen LogP contribution in [-0.2, 0) is 6.61 Å². The zero-order valence-electron chi connectivity index (χ0n) is 11.7. The summed E-state index contributed by atoms with van der Waals surface area (Å²) in [5.41, 5.74) is 4.14. The summed E-state index contributed by atoms with van der Waals surface area (Å²) in [6, 6.07) is 28.4. The summed E-state index contributed by atoms with van der Waals surface area (Å²) >= 11 is 0. The fourth-order valence-electron chi connectivity index (χ4n) is 2.40. The maximum absolute atomic E-state index is 9.37. The number of nitrogens with zero attached hydrogens (tertiary/aromatic N) is 1. The van der Waals surface area contributed by atoms with E-state index in [-0.39, 0.29) is 6.61 Å². The van der Waals surface area contributed by atoms with Gasteiger partial charge >= 0.3 is 0 Å². The highest BCUT2D eigenvalue weighted by Crippen LogP contribution is 2.34. The van der Waals surface area contributed by atoms with Crippen molar-refractivity contribution >= 4 is 17.1 Å². The van der Waals surface area contributed by atoms with Crippen LogP contribution in [0, 0.1) is 0 Å². The van der Waals surface area contributed by atoms with Gasteiger partial charge in [-0.15, -0.1) is 0 Å². The van der Waals surface area contributed by atoms with Crippen molar-refractivity contribution in [3.63, 3.8) is 0 Å². The first-order valence-corrected chi connectivity index (χ1v) is 6.98. The largest absolute Gasteiger partial charge is 0.392 e. The first kappa shape index (κ1) is 13.4. The normalized spacial score (nSPS) is 10.3. The Morgan fingerprint density at radius 2 is 1.14 bits per heavy atom. The lowest BCUT2D eigenvalue weighted by Crippen LogP contribution is -2.09. The molecule has 1 N–H and O–H groups in total. The lowest BCUT2D eigenvalue weighted by Gasteiger charge is -2.25. The van der Waals surface area contributed by atoms with Gasteiger partial charge in [0, 0.05) is 17.1 Å². The smallest absolute Gasteiger partial charge is 0.0682 e. The molecule has 0 spiro atoms. The van der Waals surface area contributed by atoms with E-state index in [1.807, 2.05) is 54.6 Å².